The second-order valence-corrected chi connectivity index (χ2v) is 8.97. The summed E-state index contributed by atoms with van der Waals surface area (Å²) in [4.78, 5) is 17.6. The largest absolute Gasteiger partial charge is 0.367 e. The molecule has 2 aliphatic heterocycles. The molecule has 7 nitrogen and oxygen atoms in total. The van der Waals surface area contributed by atoms with Crippen LogP contribution in [-0.2, 0) is 7.05 Å². The average Bonchev–Trinajstić information content (AvgIpc) is 3.36. The molecular formula is C21H25F2N7. The third kappa shape index (κ3) is 2.82. The Hall–Kier alpha value is -2.55. The number of alkyl halides is 2. The molecular weight excluding hydrogens is 388 g/mol. The van der Waals surface area contributed by atoms with Crippen LogP contribution in [0.5, 0.6) is 0 Å². The van der Waals surface area contributed by atoms with E-state index in [1.165, 1.54) is 0 Å². The maximum absolute atomic E-state index is 12.9. The fourth-order valence-corrected chi connectivity index (χ4v) is 5.65. The topological polar surface area (TPSA) is 65.9 Å². The highest BCUT2D eigenvalue weighted by Gasteiger charge is 2.48. The van der Waals surface area contributed by atoms with E-state index in [2.05, 4.69) is 35.9 Å². The van der Waals surface area contributed by atoms with Gasteiger partial charge < -0.3 is 9.88 Å². The minimum atomic E-state index is -2.17. The van der Waals surface area contributed by atoms with Crippen LogP contribution in [0.15, 0.2) is 24.7 Å². The van der Waals surface area contributed by atoms with Gasteiger partial charge in [-0.25, -0.2) is 18.7 Å². The minimum Gasteiger partial charge on any atom is -0.367 e. The van der Waals surface area contributed by atoms with Gasteiger partial charge in [-0.3, -0.25) is 9.58 Å². The summed E-state index contributed by atoms with van der Waals surface area (Å²) < 4.78 is 27.6. The third-order valence-electron chi connectivity index (χ3n) is 7.16. The number of nitrogens with zero attached hydrogens (tertiary/aromatic N) is 6. The van der Waals surface area contributed by atoms with E-state index >= 15 is 0 Å². The molecule has 30 heavy (non-hydrogen) atoms. The Morgan fingerprint density at radius 3 is 2.57 bits per heavy atom. The van der Waals surface area contributed by atoms with E-state index < -0.39 is 12.3 Å². The van der Waals surface area contributed by atoms with E-state index in [9.17, 15) is 8.78 Å². The van der Waals surface area contributed by atoms with Gasteiger partial charge in [-0.2, -0.15) is 5.10 Å². The van der Waals surface area contributed by atoms with E-state index in [-0.39, 0.29) is 0 Å². The summed E-state index contributed by atoms with van der Waals surface area (Å²) >= 11 is 0. The first-order valence-electron chi connectivity index (χ1n) is 10.7. The molecule has 3 aliphatic rings. The smallest absolute Gasteiger partial charge is 0.241 e. The Morgan fingerprint density at radius 1 is 1.13 bits per heavy atom. The summed E-state index contributed by atoms with van der Waals surface area (Å²) in [6.07, 6.45) is 6.98. The average molecular weight is 413 g/mol. The standard InChI is InChI=1S/C21H25F2N7/c1-28-9-13(8-25-28)20-26-18-17(4-5-24-21(18)27-20)29-10-14-2-3-15(11-29)30(14)16-6-12(7-16)19(22)23/h4-5,8-9,12,14-16,19H,2-3,6-7,10-11H2,1H3,(H,24,26,27). The molecule has 1 N–H and O–H groups in total. The van der Waals surface area contributed by atoms with Crippen molar-refractivity contribution in [3.8, 4) is 11.4 Å². The molecule has 2 bridgehead atoms. The molecule has 3 aromatic rings. The highest BCUT2D eigenvalue weighted by Crippen LogP contribution is 2.44. The third-order valence-corrected chi connectivity index (χ3v) is 7.16. The molecule has 158 valence electrons. The van der Waals surface area contributed by atoms with Gasteiger partial charge in [-0.05, 0) is 31.7 Å². The number of nitrogens with one attached hydrogen (secondary N) is 1. The van der Waals surface area contributed by atoms with Gasteiger partial charge in [0, 0.05) is 56.6 Å². The van der Waals surface area contributed by atoms with Gasteiger partial charge in [0.2, 0.25) is 6.43 Å². The Balaban J connectivity index is 1.25. The van der Waals surface area contributed by atoms with E-state index in [1.54, 1.807) is 10.9 Å². The lowest BCUT2D eigenvalue weighted by atomic mass is 9.78. The number of rotatable bonds is 4. The number of anilines is 1. The number of halogens is 2. The summed E-state index contributed by atoms with van der Waals surface area (Å²) in [5.74, 6) is 0.371. The van der Waals surface area contributed by atoms with Gasteiger partial charge in [0.25, 0.3) is 0 Å². The van der Waals surface area contributed by atoms with Crippen molar-refractivity contribution in [3.05, 3.63) is 24.7 Å². The van der Waals surface area contributed by atoms with Crippen LogP contribution in [0.1, 0.15) is 25.7 Å². The number of H-pyrrole nitrogens is 1. The molecule has 5 heterocycles. The predicted molar refractivity (Wildman–Crippen MR) is 109 cm³/mol. The lowest BCUT2D eigenvalue weighted by molar-refractivity contribution is -0.0414. The normalized spacial score (nSPS) is 29.1. The molecule has 0 amide bonds. The van der Waals surface area contributed by atoms with Crippen LogP contribution in [0.4, 0.5) is 14.5 Å². The fourth-order valence-electron chi connectivity index (χ4n) is 5.65. The molecule has 2 atom stereocenters. The number of piperazine rings is 1. The highest BCUT2D eigenvalue weighted by atomic mass is 19.3. The number of aromatic nitrogens is 5. The van der Waals surface area contributed by atoms with E-state index in [0.717, 1.165) is 48.5 Å². The zero-order valence-corrected chi connectivity index (χ0v) is 16.9. The van der Waals surface area contributed by atoms with Crippen LogP contribution in [-0.4, -0.2) is 67.3 Å². The van der Waals surface area contributed by atoms with Crippen LogP contribution in [0, 0.1) is 5.92 Å². The van der Waals surface area contributed by atoms with Crippen LogP contribution in [0.2, 0.25) is 0 Å². The van der Waals surface area contributed by atoms with Crippen LogP contribution in [0.25, 0.3) is 22.6 Å². The molecule has 2 saturated heterocycles. The molecule has 0 radical (unpaired) electrons. The predicted octanol–water partition coefficient (Wildman–Crippen LogP) is 3.06. The maximum Gasteiger partial charge on any atom is 0.241 e. The summed E-state index contributed by atoms with van der Waals surface area (Å²) in [6.45, 7) is 1.85. The van der Waals surface area contributed by atoms with Crippen molar-refractivity contribution in [2.24, 2.45) is 13.0 Å². The number of imidazole rings is 1. The van der Waals surface area contributed by atoms with Gasteiger partial charge in [0.05, 0.1) is 17.4 Å². The van der Waals surface area contributed by atoms with Gasteiger partial charge in [0.15, 0.2) is 5.65 Å². The maximum atomic E-state index is 12.9. The van der Waals surface area contributed by atoms with Gasteiger partial charge in [-0.1, -0.05) is 0 Å². The highest BCUT2D eigenvalue weighted by molar-refractivity contribution is 5.88. The SMILES string of the molecule is Cn1cc(-c2nc3nccc(N4CC5CCC(C4)N5C4CC(C(F)F)C4)c3[nH]2)cn1. The number of hydrogen-bond donors (Lipinski definition) is 1. The van der Waals surface area contributed by atoms with E-state index in [4.69, 9.17) is 0 Å². The molecule has 2 unspecified atom stereocenters. The van der Waals surface area contributed by atoms with Crippen molar-refractivity contribution < 1.29 is 8.78 Å². The van der Waals surface area contributed by atoms with Gasteiger partial charge >= 0.3 is 0 Å². The fraction of sp³-hybridized carbons (Fsp3) is 0.571. The molecule has 9 heteroatoms. The van der Waals surface area contributed by atoms with E-state index in [1.807, 2.05) is 19.4 Å². The summed E-state index contributed by atoms with van der Waals surface area (Å²) in [6, 6.07) is 3.27. The lowest BCUT2D eigenvalue weighted by Gasteiger charge is -2.50. The second kappa shape index (κ2) is 6.73. The number of aryl methyl sites for hydroxylation is 1. The number of fused-ring (bicyclic) bond motifs is 3. The summed E-state index contributed by atoms with van der Waals surface area (Å²) in [5.41, 5.74) is 3.72. The zero-order valence-electron chi connectivity index (χ0n) is 16.9. The zero-order chi connectivity index (χ0) is 20.4. The first kappa shape index (κ1) is 18.2. The summed E-state index contributed by atoms with van der Waals surface area (Å²) in [7, 11) is 1.89. The van der Waals surface area contributed by atoms with Gasteiger partial charge in [-0.15, -0.1) is 0 Å². The first-order valence-corrected chi connectivity index (χ1v) is 10.7. The van der Waals surface area contributed by atoms with Crippen molar-refractivity contribution >= 4 is 16.9 Å². The van der Waals surface area contributed by atoms with Crippen LogP contribution in [0.3, 0.4) is 0 Å². The molecule has 6 rings (SSSR count). The lowest BCUT2D eigenvalue weighted by Crippen LogP contribution is -2.60. The quantitative estimate of drug-likeness (QED) is 0.712. The Bertz CT molecular complexity index is 1060. The number of pyridine rings is 1. The van der Waals surface area contributed by atoms with Crippen molar-refractivity contribution in [2.75, 3.05) is 18.0 Å². The molecule has 0 spiro atoms. The van der Waals surface area contributed by atoms with Crippen molar-refractivity contribution in [1.82, 2.24) is 29.6 Å². The molecule has 0 aromatic carbocycles. The molecule has 3 aromatic heterocycles. The minimum absolute atomic E-state index is 0.338. The van der Waals surface area contributed by atoms with Crippen molar-refractivity contribution in [2.45, 2.75) is 50.2 Å². The van der Waals surface area contributed by atoms with Crippen molar-refractivity contribution in [3.63, 3.8) is 0 Å². The monoisotopic (exact) mass is 413 g/mol. The Labute approximate surface area is 173 Å². The summed E-state index contributed by atoms with van der Waals surface area (Å²) in [5, 5.41) is 4.23. The Morgan fingerprint density at radius 2 is 1.90 bits per heavy atom. The number of aromatic amines is 1. The molecule has 1 aliphatic carbocycles. The van der Waals surface area contributed by atoms with Gasteiger partial charge in [0.1, 0.15) is 11.3 Å². The Kier molecular flexibility index (Phi) is 4.09. The van der Waals surface area contributed by atoms with Crippen molar-refractivity contribution in [1.29, 1.82) is 0 Å². The second-order valence-electron chi connectivity index (χ2n) is 8.97. The number of hydrogen-bond acceptors (Lipinski definition) is 5. The molecule has 1 saturated carbocycles. The molecule has 3 fully saturated rings. The van der Waals surface area contributed by atoms with E-state index in [0.29, 0.717) is 36.6 Å². The van der Waals surface area contributed by atoms with Crippen LogP contribution < -0.4 is 4.90 Å². The van der Waals surface area contributed by atoms with Crippen LogP contribution >= 0.6 is 0 Å². The first-order chi connectivity index (χ1) is 14.6.